The Kier molecular flexibility index (Phi) is 5.16. The van der Waals surface area contributed by atoms with Crippen LogP contribution >= 0.6 is 0 Å². The lowest BCUT2D eigenvalue weighted by atomic mass is 10.0. The molecular weight excluding hydrogens is 387 g/mol. The summed E-state index contributed by atoms with van der Waals surface area (Å²) in [6.45, 7) is 3.41. The molecule has 0 spiro atoms. The van der Waals surface area contributed by atoms with E-state index in [1.807, 2.05) is 25.1 Å². The predicted molar refractivity (Wildman–Crippen MR) is 96.9 cm³/mol. The number of fused-ring (bicyclic) bond motifs is 1. The van der Waals surface area contributed by atoms with Gasteiger partial charge in [0.25, 0.3) is 5.91 Å². The van der Waals surface area contributed by atoms with E-state index in [1.165, 1.54) is 23.9 Å². The Morgan fingerprint density at radius 3 is 2.45 bits per heavy atom. The number of alkyl halides is 3. The van der Waals surface area contributed by atoms with Crippen LogP contribution in [0.2, 0.25) is 0 Å². The highest BCUT2D eigenvalue weighted by Crippen LogP contribution is 2.23. The first-order valence-electron chi connectivity index (χ1n) is 8.48. The number of amides is 1. The highest BCUT2D eigenvalue weighted by atomic mass is 19.4. The van der Waals surface area contributed by atoms with E-state index in [-0.39, 0.29) is 12.1 Å². The van der Waals surface area contributed by atoms with Crippen molar-refractivity contribution in [2.24, 2.45) is 0 Å². The number of halogens is 3. The Labute approximate surface area is 163 Å². The molecule has 0 aliphatic rings. The maximum absolute atomic E-state index is 12.4. The number of benzene rings is 2. The van der Waals surface area contributed by atoms with Crippen molar-refractivity contribution in [2.45, 2.75) is 32.3 Å². The molecule has 0 saturated carbocycles. The Bertz CT molecular complexity index is 1090. The highest BCUT2D eigenvalue weighted by molar-refractivity contribution is 5.95. The number of rotatable bonds is 5. The number of ether oxygens (including phenoxy) is 1. The van der Waals surface area contributed by atoms with E-state index in [0.29, 0.717) is 11.0 Å². The van der Waals surface area contributed by atoms with Crippen molar-refractivity contribution >= 4 is 16.9 Å². The molecule has 1 amide bonds. The summed E-state index contributed by atoms with van der Waals surface area (Å²) in [5.74, 6) is -1.07. The summed E-state index contributed by atoms with van der Waals surface area (Å²) < 4.78 is 40.4. The van der Waals surface area contributed by atoms with Gasteiger partial charge in [0.2, 0.25) is 0 Å². The average molecular weight is 403 g/mol. The van der Waals surface area contributed by atoms with Crippen molar-refractivity contribution in [3.05, 3.63) is 53.6 Å². The highest BCUT2D eigenvalue weighted by Gasteiger charge is 2.31. The van der Waals surface area contributed by atoms with E-state index < -0.39 is 23.6 Å². The van der Waals surface area contributed by atoms with Gasteiger partial charge in [-0.05, 0) is 55.8 Å². The van der Waals surface area contributed by atoms with E-state index in [1.54, 1.807) is 6.07 Å². The van der Waals surface area contributed by atoms with Crippen LogP contribution in [0, 0.1) is 18.3 Å². The molecule has 29 heavy (non-hydrogen) atoms. The summed E-state index contributed by atoms with van der Waals surface area (Å²) >= 11 is 0. The molecule has 0 aliphatic heterocycles. The molecule has 0 aliphatic carbocycles. The monoisotopic (exact) mass is 403 g/mol. The Balaban J connectivity index is 1.73. The second kappa shape index (κ2) is 7.43. The molecule has 1 N–H and O–H groups in total. The molecule has 0 radical (unpaired) electrons. The molecule has 0 fully saturated rings. The molecule has 1 aromatic heterocycles. The fraction of sp³-hybridized carbons (Fsp3) is 0.263. The fourth-order valence-corrected chi connectivity index (χ4v) is 2.66. The van der Waals surface area contributed by atoms with E-state index in [9.17, 15) is 23.2 Å². The van der Waals surface area contributed by atoms with Gasteiger partial charge >= 0.3 is 6.36 Å². The van der Waals surface area contributed by atoms with Gasteiger partial charge in [-0.3, -0.25) is 4.79 Å². The zero-order chi connectivity index (χ0) is 21.2. The van der Waals surface area contributed by atoms with Gasteiger partial charge in [0.1, 0.15) is 22.3 Å². The van der Waals surface area contributed by atoms with Crippen LogP contribution in [0.4, 0.5) is 13.2 Å². The normalized spacial score (nSPS) is 13.5. The molecule has 1 heterocycles. The van der Waals surface area contributed by atoms with Crippen LogP contribution in [-0.2, 0) is 6.54 Å². The van der Waals surface area contributed by atoms with E-state index >= 15 is 0 Å². The van der Waals surface area contributed by atoms with Gasteiger partial charge < -0.3 is 10.1 Å². The van der Waals surface area contributed by atoms with Gasteiger partial charge in [-0.1, -0.05) is 6.07 Å². The topological polar surface area (TPSA) is 92.8 Å². The number of aryl methyl sites for hydroxylation is 1. The number of hydrogen-bond acceptors (Lipinski definition) is 5. The summed E-state index contributed by atoms with van der Waals surface area (Å²) in [5.41, 5.74) is 1.07. The molecule has 150 valence electrons. The predicted octanol–water partition coefficient (Wildman–Crippen LogP) is 3.35. The quantitative estimate of drug-likeness (QED) is 0.705. The minimum Gasteiger partial charge on any atom is -0.406 e. The first kappa shape index (κ1) is 20.1. The summed E-state index contributed by atoms with van der Waals surface area (Å²) in [5, 5.41) is 20.7. The molecule has 1 unspecified atom stereocenters. The third-order valence-electron chi connectivity index (χ3n) is 4.02. The first-order valence-corrected chi connectivity index (χ1v) is 8.48. The average Bonchev–Trinajstić information content (AvgIpc) is 3.01. The van der Waals surface area contributed by atoms with E-state index in [4.69, 9.17) is 0 Å². The molecule has 7 nitrogen and oxygen atoms in total. The molecule has 2 aromatic carbocycles. The number of hydrogen-bond donors (Lipinski definition) is 1. The minimum atomic E-state index is -4.82. The maximum Gasteiger partial charge on any atom is 0.573 e. The number of carbonyl (C=O) groups excluding carboxylic acids is 1. The second-order valence-electron chi connectivity index (χ2n) is 6.69. The summed E-state index contributed by atoms with van der Waals surface area (Å²) in [7, 11) is 0. The van der Waals surface area contributed by atoms with Gasteiger partial charge in [0.15, 0.2) is 0 Å². The number of carbonyl (C=O) groups is 1. The lowest BCUT2D eigenvalue weighted by Crippen LogP contribution is -2.48. The molecule has 3 rings (SSSR count). The molecule has 3 aromatic rings. The summed E-state index contributed by atoms with van der Waals surface area (Å²) in [4.78, 5) is 13.8. The third kappa shape index (κ3) is 5.01. The number of nitrogens with zero attached hydrogens (tertiary/aromatic N) is 4. The second-order valence-corrected chi connectivity index (χ2v) is 6.69. The SMILES string of the molecule is Cc1ccc2nn(CC(C)(C#N)NC(=O)c3ccc(OC(F)(F)F)cc3)nc2c1. The third-order valence-corrected chi connectivity index (χ3v) is 4.02. The van der Waals surface area contributed by atoms with Gasteiger partial charge in [-0.15, -0.1) is 13.2 Å². The zero-order valence-corrected chi connectivity index (χ0v) is 15.5. The standard InChI is InChI=1S/C19H16F3N5O2/c1-12-3-8-15-16(9-12)26-27(25-15)11-18(2,10-23)24-17(28)13-4-6-14(7-5-13)29-19(20,21)22/h3-9H,11H2,1-2H3,(H,24,28). The number of aromatic nitrogens is 3. The largest absolute Gasteiger partial charge is 0.573 e. The van der Waals surface area contributed by atoms with Crippen molar-refractivity contribution in [3.8, 4) is 11.8 Å². The summed E-state index contributed by atoms with van der Waals surface area (Å²) in [6.07, 6.45) is -4.82. The van der Waals surface area contributed by atoms with Crippen LogP contribution in [-0.4, -0.2) is 32.8 Å². The smallest absolute Gasteiger partial charge is 0.406 e. The summed E-state index contributed by atoms with van der Waals surface area (Å²) in [6, 6.07) is 12.0. The molecule has 10 heteroatoms. The van der Waals surface area contributed by atoms with E-state index in [2.05, 4.69) is 20.3 Å². The van der Waals surface area contributed by atoms with Crippen LogP contribution in [0.1, 0.15) is 22.8 Å². The Morgan fingerprint density at radius 1 is 1.17 bits per heavy atom. The van der Waals surface area contributed by atoms with Crippen molar-refractivity contribution < 1.29 is 22.7 Å². The van der Waals surface area contributed by atoms with Crippen molar-refractivity contribution in [1.29, 1.82) is 5.26 Å². The fourth-order valence-electron chi connectivity index (χ4n) is 2.66. The zero-order valence-electron chi connectivity index (χ0n) is 15.5. The van der Waals surface area contributed by atoms with E-state index in [0.717, 1.165) is 17.7 Å². The molecular formula is C19H16F3N5O2. The van der Waals surface area contributed by atoms with Gasteiger partial charge in [-0.25, -0.2) is 0 Å². The van der Waals surface area contributed by atoms with Gasteiger partial charge in [0, 0.05) is 5.56 Å². The number of nitriles is 1. The molecule has 0 saturated heterocycles. The lowest BCUT2D eigenvalue weighted by molar-refractivity contribution is -0.274. The Morgan fingerprint density at radius 2 is 1.83 bits per heavy atom. The van der Waals surface area contributed by atoms with Gasteiger partial charge in [0.05, 0.1) is 12.6 Å². The van der Waals surface area contributed by atoms with Crippen molar-refractivity contribution in [1.82, 2.24) is 20.3 Å². The maximum atomic E-state index is 12.4. The van der Waals surface area contributed by atoms with Crippen LogP contribution < -0.4 is 10.1 Å². The number of nitrogens with one attached hydrogen (secondary N) is 1. The molecule has 1 atom stereocenters. The lowest BCUT2D eigenvalue weighted by Gasteiger charge is -2.22. The van der Waals surface area contributed by atoms with Gasteiger partial charge in [-0.2, -0.15) is 20.3 Å². The van der Waals surface area contributed by atoms with Crippen LogP contribution in [0.25, 0.3) is 11.0 Å². The van der Waals surface area contributed by atoms with Crippen LogP contribution in [0.3, 0.4) is 0 Å². The van der Waals surface area contributed by atoms with Crippen LogP contribution in [0.5, 0.6) is 5.75 Å². The molecule has 0 bridgehead atoms. The van der Waals surface area contributed by atoms with Crippen molar-refractivity contribution in [2.75, 3.05) is 0 Å². The minimum absolute atomic E-state index is 0.0156. The van der Waals surface area contributed by atoms with Crippen molar-refractivity contribution in [3.63, 3.8) is 0 Å². The first-order chi connectivity index (χ1) is 13.6. The Hall–Kier alpha value is -3.61. The van der Waals surface area contributed by atoms with Crippen LogP contribution in [0.15, 0.2) is 42.5 Å².